The molecule has 2 aromatic rings. The monoisotopic (exact) mass is 299 g/mol. The Labute approximate surface area is 130 Å². The largest absolute Gasteiger partial charge is 0.441 e. The second-order valence-corrected chi connectivity index (χ2v) is 5.84. The minimum Gasteiger partial charge on any atom is -0.441 e. The molecule has 1 aliphatic carbocycles. The highest BCUT2D eigenvalue weighted by molar-refractivity contribution is 5.78. The van der Waals surface area contributed by atoms with Crippen LogP contribution in [-0.2, 0) is 11.2 Å². The standard InChI is InChI=1S/C17H21N3O2/c1-12-15(10-16(21)19-14-7-3-2-4-8-14)20-17(22-12)13-6-5-9-18-11-13/h5-6,9,11,14H,2-4,7-8,10H2,1H3,(H,19,21). The first-order valence-electron chi connectivity index (χ1n) is 7.88. The van der Waals surface area contributed by atoms with E-state index in [0.717, 1.165) is 18.4 Å². The van der Waals surface area contributed by atoms with Crippen molar-refractivity contribution in [1.82, 2.24) is 15.3 Å². The van der Waals surface area contributed by atoms with Gasteiger partial charge >= 0.3 is 0 Å². The number of carbonyl (C=O) groups excluding carboxylic acids is 1. The van der Waals surface area contributed by atoms with E-state index in [0.29, 0.717) is 23.4 Å². The van der Waals surface area contributed by atoms with Crippen LogP contribution in [0.3, 0.4) is 0 Å². The summed E-state index contributed by atoms with van der Waals surface area (Å²) in [6.45, 7) is 1.84. The maximum absolute atomic E-state index is 12.2. The molecule has 116 valence electrons. The Morgan fingerprint density at radius 2 is 2.18 bits per heavy atom. The molecule has 2 aromatic heterocycles. The Balaban J connectivity index is 1.65. The molecule has 0 atom stereocenters. The minimum atomic E-state index is 0.0287. The maximum atomic E-state index is 12.2. The Hall–Kier alpha value is -2.17. The van der Waals surface area contributed by atoms with Gasteiger partial charge in [-0.05, 0) is 31.9 Å². The second-order valence-electron chi connectivity index (χ2n) is 5.84. The van der Waals surface area contributed by atoms with Crippen molar-refractivity contribution in [3.05, 3.63) is 36.0 Å². The van der Waals surface area contributed by atoms with Crippen LogP contribution in [0.25, 0.3) is 11.5 Å². The SMILES string of the molecule is Cc1oc(-c2cccnc2)nc1CC(=O)NC1CCCCC1. The Morgan fingerprint density at radius 3 is 2.91 bits per heavy atom. The van der Waals surface area contributed by atoms with Crippen LogP contribution >= 0.6 is 0 Å². The van der Waals surface area contributed by atoms with Crippen molar-refractivity contribution < 1.29 is 9.21 Å². The zero-order valence-corrected chi connectivity index (χ0v) is 12.8. The van der Waals surface area contributed by atoms with Crippen LogP contribution in [0.15, 0.2) is 28.9 Å². The number of carbonyl (C=O) groups is 1. The summed E-state index contributed by atoms with van der Waals surface area (Å²) in [5, 5.41) is 3.11. The summed E-state index contributed by atoms with van der Waals surface area (Å²) >= 11 is 0. The normalized spacial score (nSPS) is 15.7. The number of aryl methyl sites for hydroxylation is 1. The first-order valence-corrected chi connectivity index (χ1v) is 7.88. The molecule has 0 radical (unpaired) electrons. The minimum absolute atomic E-state index is 0.0287. The highest BCUT2D eigenvalue weighted by atomic mass is 16.4. The molecule has 0 bridgehead atoms. The Morgan fingerprint density at radius 1 is 1.36 bits per heavy atom. The summed E-state index contributed by atoms with van der Waals surface area (Å²) in [6, 6.07) is 4.06. The van der Waals surface area contributed by atoms with E-state index in [1.807, 2.05) is 19.1 Å². The molecule has 0 spiro atoms. The lowest BCUT2D eigenvalue weighted by atomic mass is 9.95. The lowest BCUT2D eigenvalue weighted by Gasteiger charge is -2.22. The summed E-state index contributed by atoms with van der Waals surface area (Å²) in [4.78, 5) is 20.7. The van der Waals surface area contributed by atoms with Gasteiger partial charge in [0.2, 0.25) is 11.8 Å². The Kier molecular flexibility index (Phi) is 4.51. The highest BCUT2D eigenvalue weighted by Gasteiger charge is 2.18. The van der Waals surface area contributed by atoms with E-state index in [-0.39, 0.29) is 12.3 Å². The third kappa shape index (κ3) is 3.53. The summed E-state index contributed by atoms with van der Waals surface area (Å²) in [7, 11) is 0. The van der Waals surface area contributed by atoms with Crippen LogP contribution < -0.4 is 5.32 Å². The molecule has 0 saturated heterocycles. The van der Waals surface area contributed by atoms with Crippen LogP contribution in [0.4, 0.5) is 0 Å². The zero-order valence-electron chi connectivity index (χ0n) is 12.8. The summed E-state index contributed by atoms with van der Waals surface area (Å²) < 4.78 is 5.66. The van der Waals surface area contributed by atoms with Gasteiger partial charge in [-0.25, -0.2) is 4.98 Å². The van der Waals surface area contributed by atoms with Gasteiger partial charge in [0.25, 0.3) is 0 Å². The molecular weight excluding hydrogens is 278 g/mol. The molecule has 1 fully saturated rings. The van der Waals surface area contributed by atoms with Gasteiger partial charge in [0.1, 0.15) is 5.76 Å². The number of hydrogen-bond acceptors (Lipinski definition) is 4. The van der Waals surface area contributed by atoms with E-state index in [9.17, 15) is 4.79 Å². The third-order valence-electron chi connectivity index (χ3n) is 4.10. The van der Waals surface area contributed by atoms with Crippen molar-refractivity contribution in [3.63, 3.8) is 0 Å². The molecule has 1 amide bonds. The topological polar surface area (TPSA) is 68.0 Å². The number of rotatable bonds is 4. The van der Waals surface area contributed by atoms with Gasteiger partial charge in [-0.1, -0.05) is 19.3 Å². The molecule has 1 saturated carbocycles. The highest BCUT2D eigenvalue weighted by Crippen LogP contribution is 2.21. The van der Waals surface area contributed by atoms with Gasteiger partial charge in [-0.2, -0.15) is 0 Å². The molecule has 0 aliphatic heterocycles. The van der Waals surface area contributed by atoms with E-state index in [1.54, 1.807) is 12.4 Å². The molecule has 5 heteroatoms. The van der Waals surface area contributed by atoms with E-state index in [2.05, 4.69) is 15.3 Å². The summed E-state index contributed by atoms with van der Waals surface area (Å²) in [5.41, 5.74) is 1.52. The predicted octanol–water partition coefficient (Wildman–Crippen LogP) is 3.04. The second kappa shape index (κ2) is 6.73. The fourth-order valence-corrected chi connectivity index (χ4v) is 2.88. The molecule has 5 nitrogen and oxygen atoms in total. The number of nitrogens with one attached hydrogen (secondary N) is 1. The molecule has 0 unspecified atom stereocenters. The van der Waals surface area contributed by atoms with Crippen molar-refractivity contribution >= 4 is 5.91 Å². The number of aromatic nitrogens is 2. The molecule has 0 aromatic carbocycles. The fourth-order valence-electron chi connectivity index (χ4n) is 2.88. The number of pyridine rings is 1. The van der Waals surface area contributed by atoms with Crippen molar-refractivity contribution in [3.8, 4) is 11.5 Å². The Bertz CT molecular complexity index is 631. The lowest BCUT2D eigenvalue weighted by molar-refractivity contribution is -0.121. The molecule has 1 N–H and O–H groups in total. The first kappa shape index (κ1) is 14.8. The average Bonchev–Trinajstić information content (AvgIpc) is 2.90. The predicted molar refractivity (Wildman–Crippen MR) is 83.2 cm³/mol. The summed E-state index contributed by atoms with van der Waals surface area (Å²) in [6.07, 6.45) is 9.55. The molecule has 1 aliphatic rings. The van der Waals surface area contributed by atoms with Gasteiger partial charge in [-0.15, -0.1) is 0 Å². The van der Waals surface area contributed by atoms with Crippen molar-refractivity contribution in [2.24, 2.45) is 0 Å². The van der Waals surface area contributed by atoms with Gasteiger partial charge in [0, 0.05) is 18.4 Å². The molecule has 3 rings (SSSR count). The number of nitrogens with zero attached hydrogens (tertiary/aromatic N) is 2. The van der Waals surface area contributed by atoms with Crippen molar-refractivity contribution in [1.29, 1.82) is 0 Å². The fraction of sp³-hybridized carbons (Fsp3) is 0.471. The van der Waals surface area contributed by atoms with Crippen LogP contribution in [0.2, 0.25) is 0 Å². The molecule has 22 heavy (non-hydrogen) atoms. The van der Waals surface area contributed by atoms with Crippen LogP contribution in [0, 0.1) is 6.92 Å². The average molecular weight is 299 g/mol. The van der Waals surface area contributed by atoms with Crippen molar-refractivity contribution in [2.45, 2.75) is 51.5 Å². The van der Waals surface area contributed by atoms with E-state index in [1.165, 1.54) is 19.3 Å². The molecule has 2 heterocycles. The summed E-state index contributed by atoms with van der Waals surface area (Å²) in [5.74, 6) is 1.24. The lowest BCUT2D eigenvalue weighted by Crippen LogP contribution is -2.37. The van der Waals surface area contributed by atoms with Crippen LogP contribution in [0.1, 0.15) is 43.6 Å². The quantitative estimate of drug-likeness (QED) is 0.942. The van der Waals surface area contributed by atoms with Gasteiger partial charge in [0.05, 0.1) is 17.7 Å². The number of hydrogen-bond donors (Lipinski definition) is 1. The van der Waals surface area contributed by atoms with Crippen LogP contribution in [0.5, 0.6) is 0 Å². The smallest absolute Gasteiger partial charge is 0.228 e. The van der Waals surface area contributed by atoms with Crippen LogP contribution in [-0.4, -0.2) is 21.9 Å². The zero-order chi connectivity index (χ0) is 15.4. The van der Waals surface area contributed by atoms with Crippen molar-refractivity contribution in [2.75, 3.05) is 0 Å². The number of oxazole rings is 1. The number of amides is 1. The van der Waals surface area contributed by atoms with Gasteiger partial charge in [0.15, 0.2) is 0 Å². The first-order chi connectivity index (χ1) is 10.7. The van der Waals surface area contributed by atoms with E-state index < -0.39 is 0 Å². The van der Waals surface area contributed by atoms with Gasteiger partial charge < -0.3 is 9.73 Å². The van der Waals surface area contributed by atoms with Gasteiger partial charge in [-0.3, -0.25) is 9.78 Å². The van der Waals surface area contributed by atoms with E-state index >= 15 is 0 Å². The maximum Gasteiger partial charge on any atom is 0.228 e. The third-order valence-corrected chi connectivity index (χ3v) is 4.10. The molecular formula is C17H21N3O2. The van der Waals surface area contributed by atoms with E-state index in [4.69, 9.17) is 4.42 Å².